The molecular weight excluding hydrogens is 244 g/mol. The van der Waals surface area contributed by atoms with Gasteiger partial charge >= 0.3 is 5.97 Å². The number of carboxylic acids is 1. The summed E-state index contributed by atoms with van der Waals surface area (Å²) in [6.45, 7) is 2.86. The number of carboxylic acid groups (broad SMARTS) is 1. The van der Waals surface area contributed by atoms with Gasteiger partial charge in [-0.1, -0.05) is 0 Å². The first-order valence-corrected chi connectivity index (χ1v) is 5.63. The van der Waals surface area contributed by atoms with Crippen LogP contribution in [0.2, 0.25) is 0 Å². The topological polar surface area (TPSA) is 95.5 Å². The van der Waals surface area contributed by atoms with Gasteiger partial charge in [-0.2, -0.15) is 0 Å². The second-order valence-corrected chi connectivity index (χ2v) is 4.46. The van der Waals surface area contributed by atoms with Gasteiger partial charge in [0.2, 0.25) is 11.8 Å². The lowest BCUT2D eigenvalue weighted by molar-refractivity contribution is -0.124. The van der Waals surface area contributed by atoms with Crippen molar-refractivity contribution < 1.29 is 19.5 Å². The summed E-state index contributed by atoms with van der Waals surface area (Å²) in [5.74, 6) is -1.73. The fourth-order valence-electron chi connectivity index (χ4n) is 1.12. The average Bonchev–Trinajstić information content (AvgIpc) is 2.65. The van der Waals surface area contributed by atoms with Crippen LogP contribution < -0.4 is 10.6 Å². The molecule has 1 unspecified atom stereocenters. The smallest absolute Gasteiger partial charge is 0.345 e. The van der Waals surface area contributed by atoms with Crippen LogP contribution in [0.4, 0.5) is 5.00 Å². The first-order chi connectivity index (χ1) is 7.90. The number of hydrogen-bond donors (Lipinski definition) is 3. The molecular formula is C10H12N2O4S. The van der Waals surface area contributed by atoms with E-state index >= 15 is 0 Å². The highest BCUT2D eigenvalue weighted by Crippen LogP contribution is 2.21. The van der Waals surface area contributed by atoms with Gasteiger partial charge in [-0.25, -0.2) is 4.79 Å². The van der Waals surface area contributed by atoms with Crippen molar-refractivity contribution in [3.05, 3.63) is 17.0 Å². The van der Waals surface area contributed by atoms with E-state index in [1.807, 2.05) is 0 Å². The van der Waals surface area contributed by atoms with Crippen LogP contribution in [-0.2, 0) is 9.59 Å². The standard InChI is InChI=1S/C10H12N2O4S/c1-5(11-6(2)13)9(14)12-8-4-3-7(17-8)10(15)16/h3-5H,1-2H3,(H,11,13)(H,12,14)(H,15,16). The summed E-state index contributed by atoms with van der Waals surface area (Å²) in [7, 11) is 0. The molecule has 1 aromatic rings. The number of aromatic carboxylic acids is 1. The third-order valence-electron chi connectivity index (χ3n) is 1.88. The van der Waals surface area contributed by atoms with E-state index in [0.29, 0.717) is 5.00 Å². The van der Waals surface area contributed by atoms with Gasteiger partial charge in [0.1, 0.15) is 10.9 Å². The minimum absolute atomic E-state index is 0.146. The lowest BCUT2D eigenvalue weighted by Crippen LogP contribution is -2.40. The number of anilines is 1. The van der Waals surface area contributed by atoms with Gasteiger partial charge in [0.05, 0.1) is 5.00 Å². The van der Waals surface area contributed by atoms with E-state index in [1.165, 1.54) is 19.1 Å². The van der Waals surface area contributed by atoms with Crippen molar-refractivity contribution in [1.29, 1.82) is 0 Å². The summed E-state index contributed by atoms with van der Waals surface area (Å²) in [6, 6.07) is 2.25. The summed E-state index contributed by atoms with van der Waals surface area (Å²) in [4.78, 5) is 33.1. The predicted molar refractivity (Wildman–Crippen MR) is 63.2 cm³/mol. The Balaban J connectivity index is 2.61. The zero-order valence-electron chi connectivity index (χ0n) is 9.31. The van der Waals surface area contributed by atoms with Gasteiger partial charge in [0.15, 0.2) is 0 Å². The summed E-state index contributed by atoms with van der Waals surface area (Å²) in [5.41, 5.74) is 0. The molecule has 1 rings (SSSR count). The molecule has 6 nitrogen and oxygen atoms in total. The molecule has 0 aliphatic carbocycles. The van der Waals surface area contributed by atoms with Crippen LogP contribution in [0.25, 0.3) is 0 Å². The maximum atomic E-state index is 11.6. The van der Waals surface area contributed by atoms with Gasteiger partial charge < -0.3 is 15.7 Å². The van der Waals surface area contributed by atoms with E-state index in [4.69, 9.17) is 5.11 Å². The monoisotopic (exact) mass is 256 g/mol. The highest BCUT2D eigenvalue weighted by Gasteiger charge is 2.15. The molecule has 0 spiro atoms. The Morgan fingerprint density at radius 2 is 2.00 bits per heavy atom. The molecule has 92 valence electrons. The largest absolute Gasteiger partial charge is 0.477 e. The normalized spacial score (nSPS) is 11.6. The summed E-state index contributed by atoms with van der Waals surface area (Å²) >= 11 is 0.961. The van der Waals surface area contributed by atoms with Crippen LogP contribution in [0.15, 0.2) is 12.1 Å². The molecule has 1 aromatic heterocycles. The fourth-order valence-corrected chi connectivity index (χ4v) is 1.87. The number of thiophene rings is 1. The molecule has 17 heavy (non-hydrogen) atoms. The molecule has 0 aliphatic rings. The molecule has 0 radical (unpaired) electrons. The Bertz CT molecular complexity index is 455. The minimum Gasteiger partial charge on any atom is -0.477 e. The average molecular weight is 256 g/mol. The van der Waals surface area contributed by atoms with E-state index in [0.717, 1.165) is 11.3 Å². The Morgan fingerprint density at radius 1 is 1.35 bits per heavy atom. The molecule has 0 bridgehead atoms. The van der Waals surface area contributed by atoms with Gasteiger partial charge in [-0.15, -0.1) is 11.3 Å². The van der Waals surface area contributed by atoms with Crippen molar-refractivity contribution in [1.82, 2.24) is 5.32 Å². The minimum atomic E-state index is -1.04. The molecule has 7 heteroatoms. The van der Waals surface area contributed by atoms with Crippen LogP contribution in [0.5, 0.6) is 0 Å². The van der Waals surface area contributed by atoms with Gasteiger partial charge in [0.25, 0.3) is 0 Å². The van der Waals surface area contributed by atoms with Gasteiger partial charge in [-0.05, 0) is 19.1 Å². The van der Waals surface area contributed by atoms with E-state index in [-0.39, 0.29) is 16.7 Å². The van der Waals surface area contributed by atoms with Crippen molar-refractivity contribution in [2.45, 2.75) is 19.9 Å². The van der Waals surface area contributed by atoms with Crippen LogP contribution in [0, 0.1) is 0 Å². The second kappa shape index (κ2) is 5.44. The summed E-state index contributed by atoms with van der Waals surface area (Å²) in [5, 5.41) is 14.1. The zero-order chi connectivity index (χ0) is 13.0. The molecule has 2 amide bonds. The lowest BCUT2D eigenvalue weighted by atomic mass is 10.3. The third kappa shape index (κ3) is 3.87. The number of carbonyl (C=O) groups is 3. The first kappa shape index (κ1) is 13.2. The number of amides is 2. The van der Waals surface area contributed by atoms with Crippen LogP contribution in [0.3, 0.4) is 0 Å². The number of nitrogens with one attached hydrogen (secondary N) is 2. The molecule has 3 N–H and O–H groups in total. The maximum Gasteiger partial charge on any atom is 0.345 e. The Labute approximate surface area is 102 Å². The van der Waals surface area contributed by atoms with Crippen molar-refractivity contribution in [2.24, 2.45) is 0 Å². The third-order valence-corrected chi connectivity index (χ3v) is 2.86. The molecule has 0 saturated carbocycles. The second-order valence-electron chi connectivity index (χ2n) is 3.38. The van der Waals surface area contributed by atoms with Gasteiger partial charge in [0, 0.05) is 6.92 Å². The Hall–Kier alpha value is -1.89. The van der Waals surface area contributed by atoms with E-state index in [2.05, 4.69) is 10.6 Å². The Kier molecular flexibility index (Phi) is 4.22. The van der Waals surface area contributed by atoms with E-state index in [9.17, 15) is 14.4 Å². The highest BCUT2D eigenvalue weighted by molar-refractivity contribution is 7.18. The van der Waals surface area contributed by atoms with Crippen molar-refractivity contribution >= 4 is 34.1 Å². The van der Waals surface area contributed by atoms with Crippen LogP contribution in [0.1, 0.15) is 23.5 Å². The lowest BCUT2D eigenvalue weighted by Gasteiger charge is -2.11. The van der Waals surface area contributed by atoms with Crippen molar-refractivity contribution in [3.8, 4) is 0 Å². The van der Waals surface area contributed by atoms with E-state index in [1.54, 1.807) is 6.92 Å². The van der Waals surface area contributed by atoms with Crippen LogP contribution >= 0.6 is 11.3 Å². The predicted octanol–water partition coefficient (Wildman–Crippen LogP) is 0.909. The van der Waals surface area contributed by atoms with Crippen molar-refractivity contribution in [2.75, 3.05) is 5.32 Å². The molecule has 1 heterocycles. The maximum absolute atomic E-state index is 11.6. The molecule has 0 saturated heterocycles. The quantitative estimate of drug-likeness (QED) is 0.746. The number of carbonyl (C=O) groups excluding carboxylic acids is 2. The summed E-state index contributed by atoms with van der Waals surface area (Å²) in [6.07, 6.45) is 0. The highest BCUT2D eigenvalue weighted by atomic mass is 32.1. The van der Waals surface area contributed by atoms with Crippen LogP contribution in [-0.4, -0.2) is 28.9 Å². The van der Waals surface area contributed by atoms with Crippen molar-refractivity contribution in [3.63, 3.8) is 0 Å². The zero-order valence-corrected chi connectivity index (χ0v) is 10.1. The molecule has 0 aromatic carbocycles. The van der Waals surface area contributed by atoms with E-state index < -0.39 is 12.0 Å². The molecule has 0 aliphatic heterocycles. The molecule has 0 fully saturated rings. The first-order valence-electron chi connectivity index (χ1n) is 4.81. The Morgan fingerprint density at radius 3 is 2.47 bits per heavy atom. The van der Waals surface area contributed by atoms with Gasteiger partial charge in [-0.3, -0.25) is 9.59 Å². The molecule has 1 atom stereocenters. The summed E-state index contributed by atoms with van der Waals surface area (Å²) < 4.78 is 0. The number of rotatable bonds is 4. The fraction of sp³-hybridized carbons (Fsp3) is 0.300. The SMILES string of the molecule is CC(=O)NC(C)C(=O)Nc1ccc(C(=O)O)s1. The number of hydrogen-bond acceptors (Lipinski definition) is 4.